The molecule has 0 aromatic heterocycles. The lowest BCUT2D eigenvalue weighted by atomic mass is 10.0. The van der Waals surface area contributed by atoms with Gasteiger partial charge in [0.2, 0.25) is 21.8 Å². The van der Waals surface area contributed by atoms with Gasteiger partial charge in [-0.25, -0.2) is 8.42 Å². The van der Waals surface area contributed by atoms with E-state index in [9.17, 15) is 18.0 Å². The molecule has 0 aliphatic carbocycles. The molecule has 1 N–H and O–H groups in total. The van der Waals surface area contributed by atoms with Gasteiger partial charge in [0.25, 0.3) is 0 Å². The number of carbonyl (C=O) groups is 2. The number of likely N-dealkylation sites (N-methyl/N-ethyl adjacent to an activating group) is 1. The van der Waals surface area contributed by atoms with Crippen LogP contribution in [-0.4, -0.2) is 54.6 Å². The minimum atomic E-state index is -3.98. The van der Waals surface area contributed by atoms with Crippen LogP contribution < -0.4 is 5.32 Å². The van der Waals surface area contributed by atoms with E-state index in [-0.39, 0.29) is 23.8 Å². The number of rotatable bonds is 10. The highest BCUT2D eigenvalue weighted by molar-refractivity contribution is 9.10. The summed E-state index contributed by atoms with van der Waals surface area (Å²) in [5, 5.41) is 3.40. The van der Waals surface area contributed by atoms with Gasteiger partial charge in [-0.2, -0.15) is 4.31 Å². The molecule has 3 aromatic rings. The van der Waals surface area contributed by atoms with E-state index >= 15 is 0 Å². The summed E-state index contributed by atoms with van der Waals surface area (Å²) in [6.07, 6.45) is 0.260. The summed E-state index contributed by atoms with van der Waals surface area (Å²) in [6.45, 7) is 5.28. The predicted octanol–water partition coefficient (Wildman–Crippen LogP) is 5.28. The van der Waals surface area contributed by atoms with E-state index in [1.54, 1.807) is 0 Å². The van der Waals surface area contributed by atoms with Crippen molar-refractivity contribution in [1.29, 1.82) is 0 Å². The molecule has 7 nitrogen and oxygen atoms in total. The van der Waals surface area contributed by atoms with E-state index in [1.807, 2.05) is 75.4 Å². The monoisotopic (exact) mass is 633 g/mol. The van der Waals surface area contributed by atoms with E-state index in [2.05, 4.69) is 21.2 Å². The van der Waals surface area contributed by atoms with Crippen molar-refractivity contribution in [3.05, 3.63) is 99.5 Å². The smallest absolute Gasteiger partial charge is 0.243 e. The average Bonchev–Trinajstić information content (AvgIpc) is 2.86. The number of amides is 2. The minimum Gasteiger partial charge on any atom is -0.350 e. The van der Waals surface area contributed by atoms with Crippen LogP contribution in [0, 0.1) is 0 Å². The molecule has 0 saturated carbocycles. The van der Waals surface area contributed by atoms with Crippen molar-refractivity contribution in [3.63, 3.8) is 0 Å². The molecule has 3 aromatic carbocycles. The number of benzene rings is 3. The van der Waals surface area contributed by atoms with Crippen molar-refractivity contribution in [1.82, 2.24) is 14.5 Å². The molecule has 0 spiro atoms. The Hall–Kier alpha value is -2.72. The van der Waals surface area contributed by atoms with Crippen LogP contribution in [0.1, 0.15) is 31.9 Å². The molecule has 1 atom stereocenters. The normalized spacial score (nSPS) is 12.7. The summed E-state index contributed by atoms with van der Waals surface area (Å²) in [5.41, 5.74) is 1.13. The number of hydrogen-bond donors (Lipinski definition) is 1. The van der Waals surface area contributed by atoms with Crippen molar-refractivity contribution in [3.8, 4) is 0 Å². The van der Waals surface area contributed by atoms with Crippen molar-refractivity contribution in [2.75, 3.05) is 13.6 Å². The molecule has 3 rings (SSSR count). The van der Waals surface area contributed by atoms with Gasteiger partial charge >= 0.3 is 0 Å². The molecule has 10 heteroatoms. The molecule has 0 aliphatic rings. The maximum Gasteiger partial charge on any atom is 0.243 e. The first-order valence-corrected chi connectivity index (χ1v) is 15.0. The maximum absolute atomic E-state index is 13.9. The van der Waals surface area contributed by atoms with Gasteiger partial charge in [-0.05, 0) is 68.3 Å². The third kappa shape index (κ3) is 8.89. The summed E-state index contributed by atoms with van der Waals surface area (Å²) < 4.78 is 28.2. The number of halogens is 2. The summed E-state index contributed by atoms with van der Waals surface area (Å²) in [5.74, 6) is -0.821. The van der Waals surface area contributed by atoms with E-state index in [0.29, 0.717) is 5.02 Å². The van der Waals surface area contributed by atoms with Gasteiger partial charge in [-0.3, -0.25) is 9.59 Å². The van der Waals surface area contributed by atoms with Crippen LogP contribution in [0.5, 0.6) is 0 Å². The molecule has 0 fully saturated rings. The lowest BCUT2D eigenvalue weighted by Crippen LogP contribution is -2.56. The molecule has 0 unspecified atom stereocenters. The number of nitrogens with one attached hydrogen (secondary N) is 1. The quantitative estimate of drug-likeness (QED) is 0.329. The van der Waals surface area contributed by atoms with Gasteiger partial charge in [0.15, 0.2) is 0 Å². The summed E-state index contributed by atoms with van der Waals surface area (Å²) >= 11 is 9.39. The fourth-order valence-electron chi connectivity index (χ4n) is 3.99. The molecule has 0 saturated heterocycles. The Morgan fingerprint density at radius 1 is 0.949 bits per heavy atom. The van der Waals surface area contributed by atoms with E-state index in [1.165, 1.54) is 36.2 Å². The Kier molecular flexibility index (Phi) is 10.3. The topological polar surface area (TPSA) is 86.8 Å². The lowest BCUT2D eigenvalue weighted by molar-refractivity contribution is -0.141. The standard InChI is InChI=1S/C29H33BrClN3O4S/c1-29(2,3)32-28(36)26(18-21-9-6-5-7-10-21)34(19-22-11-8-12-23(30)17-22)27(35)20-33(4)39(37,38)25-15-13-24(31)14-16-25/h5-17,26H,18-20H2,1-4H3,(H,32,36)/t26-/m1/s1. The minimum absolute atomic E-state index is 0.0204. The van der Waals surface area contributed by atoms with E-state index in [0.717, 1.165) is 19.9 Å². The van der Waals surface area contributed by atoms with Crippen LogP contribution in [0.15, 0.2) is 88.2 Å². The van der Waals surface area contributed by atoms with Crippen LogP contribution in [0.4, 0.5) is 0 Å². The van der Waals surface area contributed by atoms with Crippen LogP contribution in [0.25, 0.3) is 0 Å². The molecule has 39 heavy (non-hydrogen) atoms. The van der Waals surface area contributed by atoms with Gasteiger partial charge in [-0.15, -0.1) is 0 Å². The van der Waals surface area contributed by atoms with Crippen molar-refractivity contribution in [2.45, 2.75) is 50.2 Å². The van der Waals surface area contributed by atoms with Gasteiger partial charge in [0.05, 0.1) is 11.4 Å². The molecule has 2 amide bonds. The Balaban J connectivity index is 1.99. The second kappa shape index (κ2) is 13.1. The molecule has 0 heterocycles. The van der Waals surface area contributed by atoms with Crippen LogP contribution >= 0.6 is 27.5 Å². The third-order valence-corrected chi connectivity index (χ3v) is 8.45. The van der Waals surface area contributed by atoms with E-state index in [4.69, 9.17) is 11.6 Å². The first-order valence-electron chi connectivity index (χ1n) is 12.4. The zero-order valence-electron chi connectivity index (χ0n) is 22.4. The maximum atomic E-state index is 13.9. The Morgan fingerprint density at radius 2 is 1.56 bits per heavy atom. The summed E-state index contributed by atoms with van der Waals surface area (Å²) in [6, 6.07) is 21.8. The van der Waals surface area contributed by atoms with Crippen molar-refractivity contribution in [2.24, 2.45) is 0 Å². The van der Waals surface area contributed by atoms with Gasteiger partial charge in [0.1, 0.15) is 6.04 Å². The van der Waals surface area contributed by atoms with Crippen LogP contribution in [0.2, 0.25) is 5.02 Å². The highest BCUT2D eigenvalue weighted by atomic mass is 79.9. The molecule has 0 bridgehead atoms. The molecule has 0 aliphatic heterocycles. The highest BCUT2D eigenvalue weighted by Gasteiger charge is 2.34. The SMILES string of the molecule is CN(CC(=O)N(Cc1cccc(Br)c1)[C@H](Cc1ccccc1)C(=O)NC(C)(C)C)S(=O)(=O)c1ccc(Cl)cc1. The number of carbonyl (C=O) groups excluding carboxylic acids is 2. The number of nitrogens with zero attached hydrogens (tertiary/aromatic N) is 2. The molecule has 0 radical (unpaired) electrons. The highest BCUT2D eigenvalue weighted by Crippen LogP contribution is 2.21. The first-order chi connectivity index (χ1) is 18.3. The predicted molar refractivity (Wildman–Crippen MR) is 158 cm³/mol. The summed E-state index contributed by atoms with van der Waals surface area (Å²) in [7, 11) is -2.63. The fourth-order valence-corrected chi connectivity index (χ4v) is 5.68. The number of hydrogen-bond acceptors (Lipinski definition) is 4. The molecule has 208 valence electrons. The Labute approximate surface area is 244 Å². The van der Waals surface area contributed by atoms with Gasteiger partial charge in [0, 0.05) is 35.0 Å². The Morgan fingerprint density at radius 3 is 2.15 bits per heavy atom. The van der Waals surface area contributed by atoms with Crippen LogP contribution in [-0.2, 0) is 32.6 Å². The fraction of sp³-hybridized carbons (Fsp3) is 0.310. The largest absolute Gasteiger partial charge is 0.350 e. The zero-order chi connectivity index (χ0) is 28.8. The zero-order valence-corrected chi connectivity index (χ0v) is 25.6. The first kappa shape index (κ1) is 30.8. The van der Waals surface area contributed by atoms with Crippen molar-refractivity contribution >= 4 is 49.4 Å². The number of sulfonamides is 1. The molecular weight excluding hydrogens is 602 g/mol. The van der Waals surface area contributed by atoms with Crippen LogP contribution in [0.3, 0.4) is 0 Å². The summed E-state index contributed by atoms with van der Waals surface area (Å²) in [4.78, 5) is 29.0. The third-order valence-electron chi connectivity index (χ3n) is 5.89. The second-order valence-corrected chi connectivity index (χ2v) is 13.7. The molecular formula is C29H33BrClN3O4S. The van der Waals surface area contributed by atoms with Crippen molar-refractivity contribution < 1.29 is 18.0 Å². The average molecular weight is 635 g/mol. The van der Waals surface area contributed by atoms with Gasteiger partial charge in [-0.1, -0.05) is 70.0 Å². The second-order valence-electron chi connectivity index (χ2n) is 10.3. The van der Waals surface area contributed by atoms with Gasteiger partial charge < -0.3 is 10.2 Å². The van der Waals surface area contributed by atoms with E-state index < -0.39 is 34.1 Å². The lowest BCUT2D eigenvalue weighted by Gasteiger charge is -2.34. The Bertz CT molecular complexity index is 1390.